The molecule has 1 rings (SSSR count). The molecule has 1 unspecified atom stereocenters. The van der Waals surface area contributed by atoms with Crippen molar-refractivity contribution in [3.05, 3.63) is 0 Å². The van der Waals surface area contributed by atoms with Crippen molar-refractivity contribution in [3.63, 3.8) is 0 Å². The number of alkyl carbamates (subject to hydrolysis) is 1. The molecule has 0 aliphatic carbocycles. The Labute approximate surface area is 70.0 Å². The van der Waals surface area contributed by atoms with Gasteiger partial charge in [-0.2, -0.15) is 0 Å². The van der Waals surface area contributed by atoms with Crippen LogP contribution in [0.5, 0.6) is 0 Å². The van der Waals surface area contributed by atoms with Crippen LogP contribution in [0.2, 0.25) is 0 Å². The number of nitrogens with one attached hydrogen (secondary N) is 1. The molecule has 0 aromatic rings. The molecule has 0 bridgehead atoms. The van der Waals surface area contributed by atoms with Gasteiger partial charge in [0, 0.05) is 13.7 Å². The van der Waals surface area contributed by atoms with Crippen LogP contribution < -0.4 is 5.32 Å². The standard InChI is InChI=1S/C7H11NO4/c1-11-4-2-3-5-6(9)12-7(10)8-5/h5H,2-4H2,1H3,(H,8,10). The third-order valence-corrected chi connectivity index (χ3v) is 1.61. The molecule has 1 aliphatic rings. The van der Waals surface area contributed by atoms with Crippen LogP contribution in [-0.2, 0) is 14.3 Å². The molecule has 0 aromatic heterocycles. The van der Waals surface area contributed by atoms with E-state index in [4.69, 9.17) is 4.74 Å². The van der Waals surface area contributed by atoms with E-state index in [-0.39, 0.29) is 0 Å². The highest BCUT2D eigenvalue weighted by Crippen LogP contribution is 2.06. The van der Waals surface area contributed by atoms with Gasteiger partial charge in [-0.25, -0.2) is 9.59 Å². The van der Waals surface area contributed by atoms with Crippen LogP contribution in [0.3, 0.4) is 0 Å². The maximum absolute atomic E-state index is 10.8. The zero-order valence-corrected chi connectivity index (χ0v) is 6.83. The maximum atomic E-state index is 10.8. The highest BCUT2D eigenvalue weighted by atomic mass is 16.6. The SMILES string of the molecule is COCCCC1NC(=O)OC1=O. The van der Waals surface area contributed by atoms with Gasteiger partial charge in [-0.15, -0.1) is 0 Å². The summed E-state index contributed by atoms with van der Waals surface area (Å²) >= 11 is 0. The van der Waals surface area contributed by atoms with Gasteiger partial charge in [-0.05, 0) is 12.8 Å². The Kier molecular flexibility index (Phi) is 3.04. The molecular weight excluding hydrogens is 162 g/mol. The summed E-state index contributed by atoms with van der Waals surface area (Å²) in [5, 5.41) is 2.40. The number of hydrogen-bond donors (Lipinski definition) is 1. The molecule has 0 aromatic carbocycles. The fourth-order valence-electron chi connectivity index (χ4n) is 1.01. The van der Waals surface area contributed by atoms with Gasteiger partial charge in [-0.3, -0.25) is 0 Å². The lowest BCUT2D eigenvalue weighted by molar-refractivity contribution is -0.135. The number of esters is 1. The van der Waals surface area contributed by atoms with Gasteiger partial charge < -0.3 is 14.8 Å². The summed E-state index contributed by atoms with van der Waals surface area (Å²) in [4.78, 5) is 21.3. The Balaban J connectivity index is 2.24. The Morgan fingerprint density at radius 3 is 2.83 bits per heavy atom. The van der Waals surface area contributed by atoms with Crippen LogP contribution in [0, 0.1) is 0 Å². The summed E-state index contributed by atoms with van der Waals surface area (Å²) in [6, 6.07) is -0.479. The van der Waals surface area contributed by atoms with Gasteiger partial charge in [0.25, 0.3) is 0 Å². The van der Waals surface area contributed by atoms with E-state index in [2.05, 4.69) is 10.1 Å². The fourth-order valence-corrected chi connectivity index (χ4v) is 1.01. The topological polar surface area (TPSA) is 64.6 Å². The van der Waals surface area contributed by atoms with Gasteiger partial charge >= 0.3 is 12.1 Å². The zero-order valence-electron chi connectivity index (χ0n) is 6.83. The van der Waals surface area contributed by atoms with Crippen molar-refractivity contribution in [1.29, 1.82) is 0 Å². The van der Waals surface area contributed by atoms with Crippen molar-refractivity contribution in [3.8, 4) is 0 Å². The van der Waals surface area contributed by atoms with E-state index in [9.17, 15) is 9.59 Å². The zero-order chi connectivity index (χ0) is 8.97. The molecule has 5 nitrogen and oxygen atoms in total. The van der Waals surface area contributed by atoms with Crippen LogP contribution in [0.25, 0.3) is 0 Å². The first-order chi connectivity index (χ1) is 5.74. The van der Waals surface area contributed by atoms with E-state index in [1.165, 1.54) is 0 Å². The molecule has 1 amide bonds. The molecule has 0 spiro atoms. The summed E-state index contributed by atoms with van der Waals surface area (Å²) in [6.07, 6.45) is 0.650. The number of amides is 1. The first kappa shape index (κ1) is 8.99. The van der Waals surface area contributed by atoms with Crippen LogP contribution in [-0.4, -0.2) is 31.8 Å². The molecular formula is C7H11NO4. The second kappa shape index (κ2) is 4.06. The quantitative estimate of drug-likeness (QED) is 0.370. The van der Waals surface area contributed by atoms with E-state index in [0.29, 0.717) is 13.0 Å². The molecule has 5 heteroatoms. The predicted molar refractivity (Wildman–Crippen MR) is 39.5 cm³/mol. The predicted octanol–water partition coefficient (Wildman–Crippen LogP) is 0.0480. The van der Waals surface area contributed by atoms with E-state index in [1.54, 1.807) is 7.11 Å². The maximum Gasteiger partial charge on any atom is 0.415 e. The number of cyclic esters (lactones) is 2. The number of rotatable bonds is 4. The van der Waals surface area contributed by atoms with Gasteiger partial charge in [-0.1, -0.05) is 0 Å². The molecule has 1 heterocycles. The molecule has 1 saturated heterocycles. The molecule has 68 valence electrons. The lowest BCUT2D eigenvalue weighted by atomic mass is 10.2. The highest BCUT2D eigenvalue weighted by Gasteiger charge is 2.31. The summed E-state index contributed by atoms with van der Waals surface area (Å²) < 4.78 is 9.07. The van der Waals surface area contributed by atoms with Gasteiger partial charge in [0.05, 0.1) is 0 Å². The van der Waals surface area contributed by atoms with Gasteiger partial charge in [0.1, 0.15) is 6.04 Å². The Bertz CT molecular complexity index is 192. The lowest BCUT2D eigenvalue weighted by Gasteiger charge is -2.03. The van der Waals surface area contributed by atoms with E-state index >= 15 is 0 Å². The molecule has 0 radical (unpaired) electrons. The van der Waals surface area contributed by atoms with Crippen molar-refractivity contribution < 1.29 is 19.1 Å². The minimum Gasteiger partial charge on any atom is -0.385 e. The molecule has 12 heavy (non-hydrogen) atoms. The Morgan fingerprint density at radius 2 is 2.33 bits per heavy atom. The first-order valence-electron chi connectivity index (χ1n) is 3.75. The second-order valence-corrected chi connectivity index (χ2v) is 2.54. The fraction of sp³-hybridized carbons (Fsp3) is 0.714. The minimum absolute atomic E-state index is 0.479. The van der Waals surface area contributed by atoms with Gasteiger partial charge in [0.2, 0.25) is 0 Å². The van der Waals surface area contributed by atoms with Crippen LogP contribution >= 0.6 is 0 Å². The number of ether oxygens (including phenoxy) is 2. The van der Waals surface area contributed by atoms with E-state index in [0.717, 1.165) is 6.42 Å². The molecule has 1 atom stereocenters. The Hall–Kier alpha value is -1.10. The van der Waals surface area contributed by atoms with Crippen molar-refractivity contribution in [2.45, 2.75) is 18.9 Å². The number of carbonyl (C=O) groups excluding carboxylic acids is 2. The largest absolute Gasteiger partial charge is 0.415 e. The second-order valence-electron chi connectivity index (χ2n) is 2.54. The number of carbonyl (C=O) groups is 2. The third kappa shape index (κ3) is 2.20. The normalized spacial score (nSPS) is 22.2. The van der Waals surface area contributed by atoms with E-state index < -0.39 is 18.1 Å². The average molecular weight is 173 g/mol. The monoisotopic (exact) mass is 173 g/mol. The number of hydrogen-bond acceptors (Lipinski definition) is 4. The number of methoxy groups -OCH3 is 1. The summed E-state index contributed by atoms with van der Waals surface area (Å²) in [7, 11) is 1.59. The molecule has 1 aliphatic heterocycles. The smallest absolute Gasteiger partial charge is 0.385 e. The summed E-state index contributed by atoms with van der Waals surface area (Å²) in [5.41, 5.74) is 0. The summed E-state index contributed by atoms with van der Waals surface area (Å²) in [5.74, 6) is -0.490. The van der Waals surface area contributed by atoms with E-state index in [1.807, 2.05) is 0 Å². The van der Waals surface area contributed by atoms with Crippen molar-refractivity contribution in [1.82, 2.24) is 5.32 Å². The Morgan fingerprint density at radius 1 is 1.58 bits per heavy atom. The lowest BCUT2D eigenvalue weighted by Crippen LogP contribution is -2.28. The first-order valence-corrected chi connectivity index (χ1v) is 3.75. The van der Waals surface area contributed by atoms with Crippen molar-refractivity contribution in [2.75, 3.05) is 13.7 Å². The molecule has 1 N–H and O–H groups in total. The average Bonchev–Trinajstić information content (AvgIpc) is 2.31. The van der Waals surface area contributed by atoms with Crippen LogP contribution in [0.1, 0.15) is 12.8 Å². The third-order valence-electron chi connectivity index (χ3n) is 1.61. The highest BCUT2D eigenvalue weighted by molar-refractivity contribution is 5.95. The molecule has 0 saturated carbocycles. The van der Waals surface area contributed by atoms with Crippen LogP contribution in [0.15, 0.2) is 0 Å². The minimum atomic E-state index is -0.651. The van der Waals surface area contributed by atoms with Crippen LogP contribution in [0.4, 0.5) is 4.79 Å². The van der Waals surface area contributed by atoms with Gasteiger partial charge in [0.15, 0.2) is 0 Å². The summed E-state index contributed by atoms with van der Waals surface area (Å²) in [6.45, 7) is 0.583. The molecule has 1 fully saturated rings. The van der Waals surface area contributed by atoms with Crippen molar-refractivity contribution in [2.24, 2.45) is 0 Å². The van der Waals surface area contributed by atoms with Crippen molar-refractivity contribution >= 4 is 12.1 Å².